The van der Waals surface area contributed by atoms with Crippen molar-refractivity contribution in [3.8, 4) is 22.6 Å². The topological polar surface area (TPSA) is 30.5 Å². The molecule has 0 amide bonds. The summed E-state index contributed by atoms with van der Waals surface area (Å²) in [4.78, 5) is 0. The first-order valence-corrected chi connectivity index (χ1v) is 8.81. The van der Waals surface area contributed by atoms with E-state index in [1.165, 1.54) is 6.07 Å². The highest BCUT2D eigenvalue weighted by Crippen LogP contribution is 2.41. The molecular formula is C21H15BrFNO2. The average Bonchev–Trinajstić information content (AvgIpc) is 3.09. The van der Waals surface area contributed by atoms with E-state index in [1.807, 2.05) is 36.4 Å². The summed E-state index contributed by atoms with van der Waals surface area (Å²) in [6.07, 6.45) is 0. The van der Waals surface area contributed by atoms with Crippen molar-refractivity contribution in [2.24, 2.45) is 0 Å². The number of anilines is 1. The van der Waals surface area contributed by atoms with Crippen molar-refractivity contribution in [2.45, 2.75) is 0 Å². The Morgan fingerprint density at radius 1 is 1.00 bits per heavy atom. The molecule has 0 saturated heterocycles. The van der Waals surface area contributed by atoms with Crippen molar-refractivity contribution >= 4 is 27.3 Å². The predicted octanol–water partition coefficient (Wildman–Crippen LogP) is 6.07. The molecule has 4 rings (SSSR count). The molecule has 0 atom stereocenters. The minimum atomic E-state index is -0.300. The van der Waals surface area contributed by atoms with Crippen LogP contribution in [0.25, 0.3) is 16.8 Å². The lowest BCUT2D eigenvalue weighted by Crippen LogP contribution is -1.99. The monoisotopic (exact) mass is 411 g/mol. The summed E-state index contributed by atoms with van der Waals surface area (Å²) in [7, 11) is 0. The van der Waals surface area contributed by atoms with Crippen molar-refractivity contribution in [1.29, 1.82) is 0 Å². The van der Waals surface area contributed by atoms with Gasteiger partial charge < -0.3 is 14.8 Å². The molecule has 0 radical (unpaired) electrons. The molecule has 0 saturated carbocycles. The molecule has 26 heavy (non-hydrogen) atoms. The molecular weight excluding hydrogens is 397 g/mol. The smallest absolute Gasteiger partial charge is 0.231 e. The van der Waals surface area contributed by atoms with Crippen molar-refractivity contribution < 1.29 is 13.9 Å². The molecule has 130 valence electrons. The third-order valence-corrected chi connectivity index (χ3v) is 4.81. The standard InChI is InChI=1S/C21H15BrFNO2/c1-13(16-4-2-3-5-19(16)23)24-15-8-6-14(7-9-15)17-10-20-21(11-18(17)22)26-12-25-20/h2-11,24H,1,12H2. The number of benzene rings is 3. The first-order chi connectivity index (χ1) is 12.6. The van der Waals surface area contributed by atoms with Crippen LogP contribution in [0.3, 0.4) is 0 Å². The van der Waals surface area contributed by atoms with Gasteiger partial charge in [-0.25, -0.2) is 4.39 Å². The second-order valence-corrected chi connectivity index (χ2v) is 6.70. The lowest BCUT2D eigenvalue weighted by Gasteiger charge is -2.12. The third-order valence-electron chi connectivity index (χ3n) is 4.15. The maximum atomic E-state index is 13.9. The van der Waals surface area contributed by atoms with Gasteiger partial charge in [0.1, 0.15) is 5.82 Å². The summed E-state index contributed by atoms with van der Waals surface area (Å²) in [5, 5.41) is 3.14. The van der Waals surface area contributed by atoms with E-state index in [1.54, 1.807) is 18.2 Å². The molecule has 3 aromatic carbocycles. The zero-order chi connectivity index (χ0) is 18.1. The largest absolute Gasteiger partial charge is 0.454 e. The molecule has 0 fully saturated rings. The molecule has 0 spiro atoms. The summed E-state index contributed by atoms with van der Waals surface area (Å²) >= 11 is 3.58. The van der Waals surface area contributed by atoms with Gasteiger partial charge in [-0.1, -0.05) is 46.8 Å². The number of fused-ring (bicyclic) bond motifs is 1. The maximum absolute atomic E-state index is 13.9. The third kappa shape index (κ3) is 3.18. The molecule has 0 aromatic heterocycles. The SMILES string of the molecule is C=C(Nc1ccc(-c2cc3c(cc2Br)OCO3)cc1)c1ccccc1F. The van der Waals surface area contributed by atoms with Gasteiger partial charge in [-0.15, -0.1) is 0 Å². The van der Waals surface area contributed by atoms with E-state index in [0.717, 1.165) is 32.8 Å². The Morgan fingerprint density at radius 3 is 2.42 bits per heavy atom. The van der Waals surface area contributed by atoms with Gasteiger partial charge in [-0.2, -0.15) is 0 Å². The number of halogens is 2. The van der Waals surface area contributed by atoms with Gasteiger partial charge in [0.2, 0.25) is 6.79 Å². The molecule has 0 unspecified atom stereocenters. The van der Waals surface area contributed by atoms with Crippen LogP contribution in [0, 0.1) is 5.82 Å². The molecule has 1 aliphatic rings. The highest BCUT2D eigenvalue weighted by Gasteiger charge is 2.17. The molecule has 3 aromatic rings. The number of rotatable bonds is 4. The van der Waals surface area contributed by atoms with Gasteiger partial charge in [0.15, 0.2) is 11.5 Å². The zero-order valence-electron chi connectivity index (χ0n) is 13.8. The Labute approximate surface area is 159 Å². The number of hydrogen-bond donors (Lipinski definition) is 1. The normalized spacial score (nSPS) is 12.1. The minimum Gasteiger partial charge on any atom is -0.454 e. The van der Waals surface area contributed by atoms with Crippen LogP contribution in [0.4, 0.5) is 10.1 Å². The Bertz CT molecular complexity index is 986. The van der Waals surface area contributed by atoms with Crippen LogP contribution in [-0.2, 0) is 0 Å². The summed E-state index contributed by atoms with van der Waals surface area (Å²) in [6.45, 7) is 4.17. The van der Waals surface area contributed by atoms with Gasteiger partial charge in [0.25, 0.3) is 0 Å². The fourth-order valence-corrected chi connectivity index (χ4v) is 3.37. The highest BCUT2D eigenvalue weighted by molar-refractivity contribution is 9.10. The van der Waals surface area contributed by atoms with Crippen LogP contribution < -0.4 is 14.8 Å². The average molecular weight is 412 g/mol. The Hall–Kier alpha value is -2.79. The highest BCUT2D eigenvalue weighted by atomic mass is 79.9. The molecule has 3 nitrogen and oxygen atoms in total. The number of ether oxygens (including phenoxy) is 2. The summed E-state index contributed by atoms with van der Waals surface area (Å²) in [5.74, 6) is 1.17. The fraction of sp³-hybridized carbons (Fsp3) is 0.0476. The van der Waals surface area contributed by atoms with Crippen molar-refractivity contribution in [2.75, 3.05) is 12.1 Å². The summed E-state index contributed by atoms with van der Waals surface area (Å²) in [5.41, 5.74) is 3.83. The molecule has 1 aliphatic heterocycles. The van der Waals surface area contributed by atoms with Gasteiger partial charge in [0, 0.05) is 21.4 Å². The van der Waals surface area contributed by atoms with E-state index in [9.17, 15) is 4.39 Å². The first kappa shape index (κ1) is 16.7. The Balaban J connectivity index is 1.56. The van der Waals surface area contributed by atoms with E-state index in [0.29, 0.717) is 11.3 Å². The lowest BCUT2D eigenvalue weighted by molar-refractivity contribution is 0.174. The molecule has 0 aliphatic carbocycles. The quantitative estimate of drug-likeness (QED) is 0.565. The fourth-order valence-electron chi connectivity index (χ4n) is 2.82. The van der Waals surface area contributed by atoms with E-state index < -0.39 is 0 Å². The van der Waals surface area contributed by atoms with Crippen LogP contribution in [0.2, 0.25) is 0 Å². The Morgan fingerprint density at radius 2 is 1.69 bits per heavy atom. The summed E-state index contributed by atoms with van der Waals surface area (Å²) < 4.78 is 25.6. The van der Waals surface area contributed by atoms with Crippen LogP contribution >= 0.6 is 15.9 Å². The molecule has 1 N–H and O–H groups in total. The molecule has 1 heterocycles. The molecule has 0 bridgehead atoms. The first-order valence-electron chi connectivity index (χ1n) is 8.02. The van der Waals surface area contributed by atoms with E-state index in [2.05, 4.69) is 27.8 Å². The van der Waals surface area contributed by atoms with Crippen LogP contribution in [0.5, 0.6) is 11.5 Å². The Kier molecular flexibility index (Phi) is 4.39. The zero-order valence-corrected chi connectivity index (χ0v) is 15.3. The maximum Gasteiger partial charge on any atom is 0.231 e. The van der Waals surface area contributed by atoms with Crippen molar-refractivity contribution in [1.82, 2.24) is 0 Å². The van der Waals surface area contributed by atoms with Crippen LogP contribution in [0.15, 0.2) is 71.7 Å². The summed E-state index contributed by atoms with van der Waals surface area (Å²) in [6, 6.07) is 18.2. The second-order valence-electron chi connectivity index (χ2n) is 5.85. The van der Waals surface area contributed by atoms with E-state index in [4.69, 9.17) is 9.47 Å². The van der Waals surface area contributed by atoms with Gasteiger partial charge in [-0.05, 0) is 47.5 Å². The second kappa shape index (κ2) is 6.84. The van der Waals surface area contributed by atoms with E-state index in [-0.39, 0.29) is 12.6 Å². The predicted molar refractivity (Wildman–Crippen MR) is 105 cm³/mol. The van der Waals surface area contributed by atoms with Crippen LogP contribution in [0.1, 0.15) is 5.56 Å². The lowest BCUT2D eigenvalue weighted by atomic mass is 10.0. The van der Waals surface area contributed by atoms with Crippen LogP contribution in [-0.4, -0.2) is 6.79 Å². The van der Waals surface area contributed by atoms with Crippen molar-refractivity contribution in [3.63, 3.8) is 0 Å². The van der Waals surface area contributed by atoms with Gasteiger partial charge in [0.05, 0.1) is 0 Å². The van der Waals surface area contributed by atoms with Crippen molar-refractivity contribution in [3.05, 3.63) is 83.1 Å². The number of hydrogen-bond acceptors (Lipinski definition) is 3. The number of nitrogens with one attached hydrogen (secondary N) is 1. The van der Waals surface area contributed by atoms with Gasteiger partial charge >= 0.3 is 0 Å². The van der Waals surface area contributed by atoms with Gasteiger partial charge in [-0.3, -0.25) is 0 Å². The minimum absolute atomic E-state index is 0.242. The molecule has 5 heteroatoms. The van der Waals surface area contributed by atoms with E-state index >= 15 is 0 Å².